The van der Waals surface area contributed by atoms with Gasteiger partial charge in [-0.3, -0.25) is 19.9 Å². The van der Waals surface area contributed by atoms with Crippen LogP contribution in [-0.2, 0) is 118 Å². The van der Waals surface area contributed by atoms with Crippen molar-refractivity contribution >= 4 is 148 Å². The van der Waals surface area contributed by atoms with Crippen molar-refractivity contribution in [1.82, 2.24) is 64.8 Å². The summed E-state index contributed by atoms with van der Waals surface area (Å²) in [7, 11) is 0. The Morgan fingerprint density at radius 3 is 1.48 bits per heavy atom. The Morgan fingerprint density at radius 2 is 0.852 bits per heavy atom. The monoisotopic (exact) mass is 2830 g/mol. The number of allylic oxidation sites excluding steroid dienone is 17. The first kappa shape index (κ1) is 105. The third-order valence-corrected chi connectivity index (χ3v) is 25.3. The topological polar surface area (TPSA) is 270 Å². The molecule has 0 radical (unpaired) electrons. The summed E-state index contributed by atoms with van der Waals surface area (Å²) in [6, 6.07) is 89.8. The van der Waals surface area contributed by atoms with Gasteiger partial charge in [0.15, 0.2) is 5.70 Å². The predicted octanol–water partition coefficient (Wildman–Crippen LogP) is 27.5. The third kappa shape index (κ3) is 23.8. The van der Waals surface area contributed by atoms with Crippen LogP contribution in [-0.4, -0.2) is 49.8 Å². The van der Waals surface area contributed by atoms with Crippen molar-refractivity contribution in [2.75, 3.05) is 0 Å². The van der Waals surface area contributed by atoms with Crippen molar-refractivity contribution in [3.63, 3.8) is 0 Å². The van der Waals surface area contributed by atoms with E-state index >= 15 is 0 Å². The SMILES string of the molecule is C1=Cc2cc3ccc4ccc5ccc(cc6cccc(n6)c([n-]2)=C1)[N-]c5c4n3.CC1=C(C)c2cc3[n-]c(cc4cccc(cc5[n-]c(cc1n2)=CC=C5)n4)c(C)c3C.CC1=CC2=Cc3cc(C)cc(n3)C3=CC(C)=CC(=Cc4cc(C)cc(n4)C(=C1)[N-]2)[N-]3.[C-]#[N+]C1=C2C=CC=C([N-]2)c2cccc(n2)C(C#N)=C2C=CC=C([N-]2)c2cccc1n2.[Pt+2].[Pt+2].[Pt+2].[Pt+2].[Pt+2].[c-]1c2cccc1-c1cccc(n1)Cc1[c-]c(ccc1)-c1cccc(n1)C2. The fourth-order valence-electron chi connectivity index (χ4n) is 18.0. The normalized spacial score (nSPS) is 13.9. The molecule has 20 nitrogen and oxygen atoms in total. The number of aryl methyl sites for hydroxylation is 4. The molecular formula is C124H86N20Pt5. The molecule has 0 saturated carbocycles. The molecule has 0 saturated heterocycles. The van der Waals surface area contributed by atoms with Crippen LogP contribution in [0.5, 0.6) is 0 Å². The van der Waals surface area contributed by atoms with Crippen LogP contribution in [0.25, 0.3) is 191 Å². The van der Waals surface area contributed by atoms with E-state index in [1.807, 2.05) is 188 Å². The van der Waals surface area contributed by atoms with Gasteiger partial charge < -0.3 is 51.5 Å². The zero-order valence-electron chi connectivity index (χ0n) is 81.4. The largest absolute Gasteiger partial charge is 2.00 e. The van der Waals surface area contributed by atoms with Gasteiger partial charge in [0.1, 0.15) is 6.07 Å². The Labute approximate surface area is 934 Å². The van der Waals surface area contributed by atoms with Crippen LogP contribution in [0.1, 0.15) is 141 Å². The zero-order valence-corrected chi connectivity index (χ0v) is 92.8. The zero-order chi connectivity index (χ0) is 98.0. The fourth-order valence-corrected chi connectivity index (χ4v) is 18.0. The molecule has 3 aromatic carbocycles. The summed E-state index contributed by atoms with van der Waals surface area (Å²) in [6.07, 6.45) is 36.7. The van der Waals surface area contributed by atoms with Crippen LogP contribution in [0.4, 0.5) is 11.4 Å². The van der Waals surface area contributed by atoms with Gasteiger partial charge in [-0.05, 0) is 204 Å². The van der Waals surface area contributed by atoms with Gasteiger partial charge in [0.2, 0.25) is 0 Å². The standard InChI is InChI=1S/2C26H22N4.C24H12N6.C24H14N4.C24H16N2.5Pt/c1-15-5-19-13-20-6-17(3)11-25(29-20)26-12-18(4)8-22(30-26)14-21-7-16(2)10-24(28-21)23(9-15)27-19;1-15-17(3)25-14-26-18(4)16(2)24(30-26)13-22-10-6-8-20(28-22)11-19-7-5-9-21(27-19)12-23(15)29-25;1-26-24-22-12-4-10-20(29-22)18-8-2-6-16(27-18)15(14-25)17-7-3-9-19(28-17)21-11-5-13-23(24)30-21;1-3-17-13-19-11-9-15-7-8-16-10-12-20(28-24(16)23(15)27-19)14-18-4-2-6-22(26-18)21(5-1)25-17;1-5-17-13-19(7-1)23-11-3-10-22(25-23)16-18-6-2-8-20(14-18)24-12-4-9-21(15-17)26-24;;;;;/h2*5-14H,1-4H3;2-13H;1-14H;1-12H,15-16H2;;;;;/q5*-2;5*+2. The molecule has 26 rings (SSSR count). The van der Waals surface area contributed by atoms with Crippen molar-refractivity contribution in [2.24, 2.45) is 0 Å². The minimum atomic E-state index is 0. The molecule has 25 heteroatoms. The molecule has 0 fully saturated rings. The third-order valence-electron chi connectivity index (χ3n) is 25.3. The number of benzene rings is 3. The fraction of sp³-hybridized carbons (Fsp3) is 0.0806. The number of aromatic nitrogens is 13. The smallest absolute Gasteiger partial charge is 0.666 e. The predicted molar refractivity (Wildman–Crippen MR) is 581 cm³/mol. The maximum Gasteiger partial charge on any atom is 2.00 e. The van der Waals surface area contributed by atoms with Crippen molar-refractivity contribution in [2.45, 2.75) is 68.2 Å². The molecule has 12 aliphatic heterocycles. The number of hydrogen-bond donors (Lipinski definition) is 0. The van der Waals surface area contributed by atoms with Gasteiger partial charge in [-0.1, -0.05) is 247 Å². The van der Waals surface area contributed by atoms with Crippen molar-refractivity contribution in [3.8, 4) is 28.6 Å². The summed E-state index contributed by atoms with van der Waals surface area (Å²) in [5, 5.41) is 37.7. The molecule has 12 aliphatic rings. The number of hydrogen-bond acceptors (Lipinski definition) is 11. The van der Waals surface area contributed by atoms with Crippen LogP contribution in [0, 0.1) is 57.7 Å². The summed E-state index contributed by atoms with van der Waals surface area (Å²) >= 11 is 0. The molecule has 14 aromatic rings. The Hall–Kier alpha value is -15.7. The van der Waals surface area contributed by atoms with E-state index < -0.39 is 0 Å². The Kier molecular flexibility index (Phi) is 32.4. The van der Waals surface area contributed by atoms with Gasteiger partial charge in [-0.15, -0.1) is 161 Å². The van der Waals surface area contributed by atoms with Gasteiger partial charge in [0, 0.05) is 39.7 Å². The van der Waals surface area contributed by atoms with E-state index in [0.29, 0.717) is 56.8 Å². The van der Waals surface area contributed by atoms with Crippen LogP contribution >= 0.6 is 0 Å². The molecule has 23 heterocycles. The van der Waals surface area contributed by atoms with Gasteiger partial charge in [-0.2, -0.15) is 5.26 Å². The quantitative estimate of drug-likeness (QED) is 0.128. The number of nitrogens with zero attached hydrogens (tertiary/aromatic N) is 20. The molecule has 11 aromatic heterocycles. The summed E-state index contributed by atoms with van der Waals surface area (Å²) < 4.78 is 0. The molecular weight excluding hydrogens is 2740 g/mol. The average Bonchev–Trinajstić information content (AvgIpc) is 1.07. The minimum Gasteiger partial charge on any atom is -0.666 e. The Morgan fingerprint density at radius 1 is 0.356 bits per heavy atom. The maximum atomic E-state index is 9.84. The molecule has 0 atom stereocenters. The van der Waals surface area contributed by atoms with Crippen LogP contribution in [0.3, 0.4) is 0 Å². The molecule has 40 bridgehead atoms. The molecule has 0 unspecified atom stereocenters. The number of pyridine rings is 9. The maximum absolute atomic E-state index is 9.84. The van der Waals surface area contributed by atoms with E-state index in [1.165, 1.54) is 22.3 Å². The number of fused-ring (bicyclic) bond motifs is 45. The van der Waals surface area contributed by atoms with Crippen molar-refractivity contribution in [1.29, 1.82) is 5.26 Å². The van der Waals surface area contributed by atoms with E-state index in [9.17, 15) is 5.26 Å². The second-order valence-electron chi connectivity index (χ2n) is 35.9. The van der Waals surface area contributed by atoms with Crippen molar-refractivity contribution in [3.05, 3.63) is 523 Å². The average molecular weight is 2830 g/mol. The van der Waals surface area contributed by atoms with E-state index in [2.05, 4.69) is 239 Å². The molecule has 0 amide bonds. The first-order valence-electron chi connectivity index (χ1n) is 47.3. The Balaban J connectivity index is 0.000000126. The summed E-state index contributed by atoms with van der Waals surface area (Å²) in [5.74, 6) is 0. The van der Waals surface area contributed by atoms with E-state index in [-0.39, 0.29) is 105 Å². The van der Waals surface area contributed by atoms with Gasteiger partial charge in [0.05, 0.1) is 73.9 Å². The first-order chi connectivity index (χ1) is 70.3. The second kappa shape index (κ2) is 46.1. The van der Waals surface area contributed by atoms with E-state index in [1.54, 1.807) is 24.3 Å². The minimum absolute atomic E-state index is 0. The molecule has 0 spiro atoms. The van der Waals surface area contributed by atoms with Gasteiger partial charge in [-0.25, -0.2) is 24.8 Å². The summed E-state index contributed by atoms with van der Waals surface area (Å²) in [5.41, 5.74) is 42.2. The first-order valence-corrected chi connectivity index (χ1v) is 47.3. The Bertz CT molecular complexity index is 8760. The van der Waals surface area contributed by atoms with Gasteiger partial charge in [0.25, 0.3) is 0 Å². The van der Waals surface area contributed by atoms with Gasteiger partial charge >= 0.3 is 105 Å². The van der Waals surface area contributed by atoms with Crippen LogP contribution in [0.15, 0.2) is 350 Å². The molecule has 0 N–H and O–H groups in total. The van der Waals surface area contributed by atoms with Crippen molar-refractivity contribution < 1.29 is 105 Å². The van der Waals surface area contributed by atoms with Crippen LogP contribution in [0.2, 0.25) is 0 Å². The second-order valence-corrected chi connectivity index (χ2v) is 35.9. The molecule has 0 aliphatic carbocycles. The van der Waals surface area contributed by atoms with E-state index in [4.69, 9.17) is 77.3 Å². The number of rotatable bonds is 0. The molecule has 149 heavy (non-hydrogen) atoms. The summed E-state index contributed by atoms with van der Waals surface area (Å²) in [6.45, 7) is 24.5. The van der Waals surface area contributed by atoms with E-state index in [0.717, 1.165) is 225 Å². The summed E-state index contributed by atoms with van der Waals surface area (Å²) in [4.78, 5) is 66.2. The number of nitriles is 1. The van der Waals surface area contributed by atoms with Crippen LogP contribution < -0.4 is 25.7 Å². The molecule has 732 valence electrons.